The van der Waals surface area contributed by atoms with Crippen LogP contribution >= 0.6 is 63.7 Å². The van der Waals surface area contributed by atoms with Gasteiger partial charge in [-0.25, -0.2) is 0 Å². The van der Waals surface area contributed by atoms with E-state index in [0.29, 0.717) is 16.5 Å². The van der Waals surface area contributed by atoms with Gasteiger partial charge in [0.25, 0.3) is 0 Å². The highest BCUT2D eigenvalue weighted by Crippen LogP contribution is 2.37. The molecule has 2 rings (SSSR count). The van der Waals surface area contributed by atoms with Crippen LogP contribution in [0.25, 0.3) is 0 Å². The number of rotatable bonds is 10. The molecular formula is C23H24Br4O7. The Kier molecular flexibility index (Phi) is 13.7. The Labute approximate surface area is 232 Å². The second-order valence-corrected chi connectivity index (χ2v) is 10.3. The maximum Gasteiger partial charge on any atom is 0.305 e. The molecule has 7 nitrogen and oxygen atoms in total. The number of esters is 1. The third-order valence-corrected chi connectivity index (χ3v) is 7.05. The van der Waals surface area contributed by atoms with Gasteiger partial charge in [0.1, 0.15) is 0 Å². The minimum Gasteiger partial charge on any atom is -0.481 e. The van der Waals surface area contributed by atoms with E-state index in [1.807, 2.05) is 18.2 Å². The van der Waals surface area contributed by atoms with Gasteiger partial charge in [0.2, 0.25) is 0 Å². The molecule has 186 valence electrons. The van der Waals surface area contributed by atoms with Crippen molar-refractivity contribution in [2.75, 3.05) is 21.3 Å². The molecule has 0 saturated carbocycles. The van der Waals surface area contributed by atoms with Crippen molar-refractivity contribution in [3.63, 3.8) is 0 Å². The van der Waals surface area contributed by atoms with Crippen molar-refractivity contribution < 1.29 is 33.7 Å². The number of halogens is 4. The largest absolute Gasteiger partial charge is 0.481 e. The van der Waals surface area contributed by atoms with Crippen molar-refractivity contribution in [1.29, 1.82) is 0 Å². The van der Waals surface area contributed by atoms with Gasteiger partial charge in [-0.05, 0) is 36.4 Å². The fourth-order valence-corrected chi connectivity index (χ4v) is 4.61. The first-order chi connectivity index (χ1) is 16.0. The maximum absolute atomic E-state index is 11.6. The molecule has 0 aliphatic carbocycles. The van der Waals surface area contributed by atoms with E-state index in [4.69, 9.17) is 14.6 Å². The summed E-state index contributed by atoms with van der Waals surface area (Å²) in [5.74, 6) is -2.43. The average Bonchev–Trinajstić information content (AvgIpc) is 2.82. The Balaban J connectivity index is 0.000000350. The van der Waals surface area contributed by atoms with Crippen LogP contribution in [0.2, 0.25) is 0 Å². The van der Waals surface area contributed by atoms with E-state index in [2.05, 4.69) is 68.5 Å². The SMILES string of the molecule is COC(=O)CCC(OC)(OC)c1cc(Br)ccc1Br.O=C(O)CCC(=O)c1cc(Br)ccc1Br. The van der Waals surface area contributed by atoms with Gasteiger partial charge in [-0.1, -0.05) is 63.7 Å². The Bertz CT molecular complexity index is 1010. The summed E-state index contributed by atoms with van der Waals surface area (Å²) in [5, 5.41) is 8.46. The second-order valence-electron chi connectivity index (χ2n) is 6.80. The molecule has 0 saturated heterocycles. The molecule has 0 unspecified atom stereocenters. The van der Waals surface area contributed by atoms with Crippen molar-refractivity contribution in [2.45, 2.75) is 31.5 Å². The quantitative estimate of drug-likeness (QED) is 0.162. The zero-order chi connectivity index (χ0) is 25.9. The number of carbonyl (C=O) groups is 3. The smallest absolute Gasteiger partial charge is 0.305 e. The maximum atomic E-state index is 11.6. The number of ether oxygens (including phenoxy) is 3. The van der Waals surface area contributed by atoms with E-state index in [-0.39, 0.29) is 31.0 Å². The minimum atomic E-state index is -0.989. The van der Waals surface area contributed by atoms with E-state index >= 15 is 0 Å². The van der Waals surface area contributed by atoms with Crippen LogP contribution in [0.3, 0.4) is 0 Å². The van der Waals surface area contributed by atoms with Crippen molar-refractivity contribution >= 4 is 81.4 Å². The lowest BCUT2D eigenvalue weighted by Crippen LogP contribution is -2.32. The number of benzene rings is 2. The molecule has 0 bridgehead atoms. The highest BCUT2D eigenvalue weighted by Gasteiger charge is 2.35. The lowest BCUT2D eigenvalue weighted by atomic mass is 10.0. The van der Waals surface area contributed by atoms with Gasteiger partial charge in [-0.3, -0.25) is 14.4 Å². The number of Topliss-reactive ketones (excluding diaryl/α,β-unsaturated/α-hetero) is 1. The molecule has 2 aromatic rings. The van der Waals surface area contributed by atoms with E-state index in [1.165, 1.54) is 7.11 Å². The van der Waals surface area contributed by atoms with Gasteiger partial charge < -0.3 is 19.3 Å². The topological polar surface area (TPSA) is 99.1 Å². The monoisotopic (exact) mass is 728 g/mol. The van der Waals surface area contributed by atoms with Crippen molar-refractivity contribution in [1.82, 2.24) is 0 Å². The van der Waals surface area contributed by atoms with Crippen molar-refractivity contribution in [2.24, 2.45) is 0 Å². The summed E-state index contributed by atoms with van der Waals surface area (Å²) in [5.41, 5.74) is 1.32. The molecule has 2 aromatic carbocycles. The first kappa shape index (κ1) is 30.9. The number of carbonyl (C=O) groups excluding carboxylic acids is 2. The molecule has 0 aromatic heterocycles. The van der Waals surface area contributed by atoms with Crippen LogP contribution in [0.5, 0.6) is 0 Å². The molecule has 0 aliphatic heterocycles. The number of carboxylic acid groups (broad SMARTS) is 1. The number of carboxylic acids is 1. The molecule has 0 fully saturated rings. The molecule has 0 heterocycles. The van der Waals surface area contributed by atoms with Crippen LogP contribution < -0.4 is 0 Å². The van der Waals surface area contributed by atoms with E-state index in [1.54, 1.807) is 32.4 Å². The van der Waals surface area contributed by atoms with E-state index in [9.17, 15) is 14.4 Å². The molecule has 0 atom stereocenters. The molecule has 0 aliphatic rings. The molecule has 11 heteroatoms. The second kappa shape index (κ2) is 15.1. The molecule has 34 heavy (non-hydrogen) atoms. The fourth-order valence-electron chi connectivity index (χ4n) is 2.87. The highest BCUT2D eigenvalue weighted by atomic mass is 79.9. The normalized spacial score (nSPS) is 10.8. The molecule has 0 amide bonds. The van der Waals surface area contributed by atoms with Crippen molar-refractivity contribution in [3.8, 4) is 0 Å². The predicted molar refractivity (Wildman–Crippen MR) is 142 cm³/mol. The van der Waals surface area contributed by atoms with Gasteiger partial charge in [-0.15, -0.1) is 0 Å². The summed E-state index contributed by atoms with van der Waals surface area (Å²) >= 11 is 13.4. The predicted octanol–water partition coefficient (Wildman–Crippen LogP) is 6.87. The summed E-state index contributed by atoms with van der Waals surface area (Å²) in [6, 6.07) is 10.9. The van der Waals surface area contributed by atoms with Crippen molar-refractivity contribution in [3.05, 3.63) is 65.4 Å². The molecule has 0 spiro atoms. The summed E-state index contributed by atoms with van der Waals surface area (Å²) in [6.45, 7) is 0. The van der Waals surface area contributed by atoms with Crippen LogP contribution in [0.15, 0.2) is 54.3 Å². The zero-order valence-electron chi connectivity index (χ0n) is 18.7. The fraction of sp³-hybridized carbons (Fsp3) is 0.348. The third-order valence-electron chi connectivity index (χ3n) is 4.68. The van der Waals surface area contributed by atoms with Gasteiger partial charge in [0.15, 0.2) is 11.6 Å². The van der Waals surface area contributed by atoms with E-state index < -0.39 is 11.8 Å². The van der Waals surface area contributed by atoms with Gasteiger partial charge in [0.05, 0.1) is 20.0 Å². The lowest BCUT2D eigenvalue weighted by Gasteiger charge is -2.32. The Morgan fingerprint density at radius 1 is 0.824 bits per heavy atom. The molecular weight excluding hydrogens is 708 g/mol. The van der Waals surface area contributed by atoms with Crippen LogP contribution in [0.1, 0.15) is 41.6 Å². The van der Waals surface area contributed by atoms with E-state index in [0.717, 1.165) is 19.0 Å². The third kappa shape index (κ3) is 9.50. The van der Waals surface area contributed by atoms with Crippen LogP contribution in [0, 0.1) is 0 Å². The summed E-state index contributed by atoms with van der Waals surface area (Å²) in [4.78, 5) is 33.2. The van der Waals surface area contributed by atoms with Crippen LogP contribution in [0.4, 0.5) is 0 Å². The highest BCUT2D eigenvalue weighted by molar-refractivity contribution is 9.11. The van der Waals surface area contributed by atoms with Gasteiger partial charge in [0, 0.05) is 56.1 Å². The van der Waals surface area contributed by atoms with Crippen LogP contribution in [-0.4, -0.2) is 44.2 Å². The molecule has 0 radical (unpaired) electrons. The number of aliphatic carboxylic acids is 1. The van der Waals surface area contributed by atoms with Gasteiger partial charge >= 0.3 is 11.9 Å². The Hall–Kier alpha value is -1.11. The number of methoxy groups -OCH3 is 3. The minimum absolute atomic E-state index is 0.0182. The van der Waals surface area contributed by atoms with Crippen LogP contribution in [-0.2, 0) is 29.6 Å². The summed E-state index contributed by atoms with van der Waals surface area (Å²) < 4.78 is 18.9. The number of ketones is 1. The lowest BCUT2D eigenvalue weighted by molar-refractivity contribution is -0.222. The first-order valence-electron chi connectivity index (χ1n) is 9.82. The Morgan fingerprint density at radius 3 is 1.91 bits per heavy atom. The number of hydrogen-bond donors (Lipinski definition) is 1. The Morgan fingerprint density at radius 2 is 1.38 bits per heavy atom. The molecule has 1 N–H and O–H groups in total. The standard InChI is InChI=1S/C13H16Br2O4.C10H8Br2O3/c1-17-12(16)6-7-13(18-2,19-3)10-8-9(14)4-5-11(10)15;11-6-1-2-8(12)7(5-6)9(13)3-4-10(14)15/h4-5,8H,6-7H2,1-3H3;1-2,5H,3-4H2,(H,14,15). The zero-order valence-corrected chi connectivity index (χ0v) is 25.0. The number of hydrogen-bond acceptors (Lipinski definition) is 6. The average molecular weight is 732 g/mol. The van der Waals surface area contributed by atoms with Gasteiger partial charge in [-0.2, -0.15) is 0 Å². The first-order valence-corrected chi connectivity index (χ1v) is 13.0. The summed E-state index contributed by atoms with van der Waals surface area (Å²) in [6.07, 6.45) is 0.445. The summed E-state index contributed by atoms with van der Waals surface area (Å²) in [7, 11) is 4.46.